The summed E-state index contributed by atoms with van der Waals surface area (Å²) in [4.78, 5) is 14.3. The zero-order chi connectivity index (χ0) is 18.5. The molecule has 7 heteroatoms. The van der Waals surface area contributed by atoms with Gasteiger partial charge in [0.2, 0.25) is 0 Å². The van der Waals surface area contributed by atoms with E-state index in [1.807, 2.05) is 54.7 Å². The molecule has 0 atom stereocenters. The van der Waals surface area contributed by atoms with E-state index in [4.69, 9.17) is 11.6 Å². The van der Waals surface area contributed by atoms with Gasteiger partial charge >= 0.3 is 0 Å². The van der Waals surface area contributed by atoms with Crippen LogP contribution < -0.4 is 5.43 Å². The van der Waals surface area contributed by atoms with E-state index in [2.05, 4.69) is 25.5 Å². The second-order valence-electron chi connectivity index (χ2n) is 5.60. The van der Waals surface area contributed by atoms with E-state index < -0.39 is 0 Å². The molecule has 1 N–H and O–H groups in total. The molecule has 0 unspecified atom stereocenters. The molecule has 132 valence electrons. The Balaban J connectivity index is 1.51. The lowest BCUT2D eigenvalue weighted by Gasteiger charge is -2.01. The van der Waals surface area contributed by atoms with Crippen molar-refractivity contribution in [1.82, 2.24) is 15.0 Å². The van der Waals surface area contributed by atoms with Crippen molar-refractivity contribution in [3.05, 3.63) is 83.9 Å². The number of anilines is 1. The minimum atomic E-state index is 0.657. The van der Waals surface area contributed by atoms with Crippen LogP contribution in [-0.4, -0.2) is 21.2 Å². The molecule has 0 amide bonds. The van der Waals surface area contributed by atoms with Gasteiger partial charge in [-0.1, -0.05) is 23.7 Å². The molecule has 3 aromatic heterocycles. The van der Waals surface area contributed by atoms with Gasteiger partial charge in [-0.25, -0.2) is 9.97 Å². The van der Waals surface area contributed by atoms with Crippen molar-refractivity contribution in [3.63, 3.8) is 0 Å². The molecule has 0 saturated carbocycles. The fraction of sp³-hybridized carbons (Fsp3) is 0. The number of nitrogens with one attached hydrogen (secondary N) is 1. The number of hydrazone groups is 1. The maximum absolute atomic E-state index is 5.96. The third-order valence-corrected chi connectivity index (χ3v) is 4.96. The third kappa shape index (κ3) is 4.36. The summed E-state index contributed by atoms with van der Waals surface area (Å²) in [6.45, 7) is 0. The first-order valence-corrected chi connectivity index (χ1v) is 9.36. The van der Waals surface area contributed by atoms with Gasteiger partial charge in [0.05, 0.1) is 28.2 Å². The van der Waals surface area contributed by atoms with Gasteiger partial charge in [0.25, 0.3) is 0 Å². The fourth-order valence-corrected chi connectivity index (χ4v) is 3.47. The monoisotopic (exact) mass is 391 g/mol. The van der Waals surface area contributed by atoms with E-state index in [1.54, 1.807) is 36.0 Å². The molecular formula is C20H14ClN5S. The van der Waals surface area contributed by atoms with Crippen LogP contribution in [0.25, 0.3) is 21.1 Å². The molecule has 0 fully saturated rings. The summed E-state index contributed by atoms with van der Waals surface area (Å²) in [6, 6.07) is 17.1. The minimum absolute atomic E-state index is 0.657. The predicted molar refractivity (Wildman–Crippen MR) is 111 cm³/mol. The average Bonchev–Trinajstić information content (AvgIpc) is 3.19. The highest BCUT2D eigenvalue weighted by molar-refractivity contribution is 7.18. The van der Waals surface area contributed by atoms with E-state index in [-0.39, 0.29) is 0 Å². The summed E-state index contributed by atoms with van der Waals surface area (Å²) in [5.74, 6) is 0. The normalized spacial score (nSPS) is 11.0. The van der Waals surface area contributed by atoms with Crippen LogP contribution in [0.5, 0.6) is 0 Å². The first-order valence-electron chi connectivity index (χ1n) is 8.16. The maximum atomic E-state index is 5.96. The molecule has 0 bridgehead atoms. The zero-order valence-electron chi connectivity index (χ0n) is 14.1. The summed E-state index contributed by atoms with van der Waals surface area (Å²) in [5, 5.41) is 5.80. The van der Waals surface area contributed by atoms with Crippen LogP contribution in [0.2, 0.25) is 5.02 Å². The summed E-state index contributed by atoms with van der Waals surface area (Å²) in [7, 11) is 0. The van der Waals surface area contributed by atoms with Crippen LogP contribution in [0.4, 0.5) is 5.69 Å². The molecule has 4 aromatic rings. The number of aromatic nitrogens is 3. The Kier molecular flexibility index (Phi) is 5.18. The van der Waals surface area contributed by atoms with Gasteiger partial charge in [-0.15, -0.1) is 11.3 Å². The van der Waals surface area contributed by atoms with Crippen LogP contribution in [0.1, 0.15) is 5.69 Å². The highest BCUT2D eigenvalue weighted by atomic mass is 35.5. The smallest absolute Gasteiger partial charge is 0.125 e. The molecule has 27 heavy (non-hydrogen) atoms. The predicted octanol–water partition coefficient (Wildman–Crippen LogP) is 5.37. The van der Waals surface area contributed by atoms with E-state index in [0.717, 1.165) is 32.5 Å². The van der Waals surface area contributed by atoms with Crippen LogP contribution in [0.3, 0.4) is 0 Å². The topological polar surface area (TPSA) is 63.1 Å². The van der Waals surface area contributed by atoms with Crippen molar-refractivity contribution in [3.8, 4) is 21.1 Å². The van der Waals surface area contributed by atoms with E-state index in [0.29, 0.717) is 5.02 Å². The Morgan fingerprint density at radius 3 is 2.81 bits per heavy atom. The largest absolute Gasteiger partial charge is 0.278 e. The standard InChI is InChI=1S/C20H14ClN5S/c21-15-5-1-6-16(10-15)26-24-12-17-7-2-8-18(25-17)19-13-23-20(27-19)14-4-3-9-22-11-14/h1-13,26H/b24-12+. The summed E-state index contributed by atoms with van der Waals surface area (Å²) >= 11 is 7.54. The molecular weight excluding hydrogens is 378 g/mol. The number of thiazole rings is 1. The highest BCUT2D eigenvalue weighted by Crippen LogP contribution is 2.30. The lowest BCUT2D eigenvalue weighted by atomic mass is 10.3. The molecule has 0 aliphatic heterocycles. The molecule has 0 aliphatic rings. The number of nitrogens with zero attached hydrogens (tertiary/aromatic N) is 4. The highest BCUT2D eigenvalue weighted by Gasteiger charge is 2.08. The van der Waals surface area contributed by atoms with Crippen molar-refractivity contribution >= 4 is 34.8 Å². The molecule has 1 aromatic carbocycles. The molecule has 4 rings (SSSR count). The number of rotatable bonds is 5. The van der Waals surface area contributed by atoms with Crippen LogP contribution in [0, 0.1) is 0 Å². The minimum Gasteiger partial charge on any atom is -0.278 e. The molecule has 0 aliphatic carbocycles. The number of halogens is 1. The second kappa shape index (κ2) is 8.07. The van der Waals surface area contributed by atoms with Crippen molar-refractivity contribution in [2.24, 2.45) is 5.10 Å². The van der Waals surface area contributed by atoms with Gasteiger partial charge in [-0.05, 0) is 42.5 Å². The Hall–Kier alpha value is -3.09. The van der Waals surface area contributed by atoms with Gasteiger partial charge in [-0.2, -0.15) is 5.10 Å². The van der Waals surface area contributed by atoms with Gasteiger partial charge in [-0.3, -0.25) is 10.4 Å². The first kappa shape index (κ1) is 17.3. The van der Waals surface area contributed by atoms with E-state index in [9.17, 15) is 0 Å². The van der Waals surface area contributed by atoms with Crippen molar-refractivity contribution < 1.29 is 0 Å². The Bertz CT molecular complexity index is 1080. The van der Waals surface area contributed by atoms with E-state index in [1.165, 1.54) is 0 Å². The van der Waals surface area contributed by atoms with Crippen LogP contribution in [0.15, 0.2) is 78.3 Å². The number of hydrogen-bond acceptors (Lipinski definition) is 6. The van der Waals surface area contributed by atoms with Crippen molar-refractivity contribution in [1.29, 1.82) is 0 Å². The number of pyridine rings is 2. The Morgan fingerprint density at radius 1 is 1.04 bits per heavy atom. The third-order valence-electron chi connectivity index (χ3n) is 3.65. The van der Waals surface area contributed by atoms with Gasteiger partial charge in [0, 0.05) is 29.2 Å². The molecule has 0 saturated heterocycles. The van der Waals surface area contributed by atoms with Gasteiger partial charge < -0.3 is 0 Å². The Morgan fingerprint density at radius 2 is 1.96 bits per heavy atom. The second-order valence-corrected chi connectivity index (χ2v) is 7.07. The number of hydrogen-bond donors (Lipinski definition) is 1. The van der Waals surface area contributed by atoms with Crippen molar-refractivity contribution in [2.45, 2.75) is 0 Å². The molecule has 0 radical (unpaired) electrons. The van der Waals surface area contributed by atoms with Gasteiger partial charge in [0.1, 0.15) is 5.01 Å². The molecule has 5 nitrogen and oxygen atoms in total. The first-order chi connectivity index (χ1) is 13.3. The average molecular weight is 392 g/mol. The zero-order valence-corrected chi connectivity index (χ0v) is 15.7. The summed E-state index contributed by atoms with van der Waals surface area (Å²) in [6.07, 6.45) is 7.06. The van der Waals surface area contributed by atoms with Gasteiger partial charge in [0.15, 0.2) is 0 Å². The Labute approximate surface area is 165 Å². The summed E-state index contributed by atoms with van der Waals surface area (Å²) in [5.41, 5.74) is 6.37. The molecule has 0 spiro atoms. The van der Waals surface area contributed by atoms with Crippen LogP contribution in [-0.2, 0) is 0 Å². The lowest BCUT2D eigenvalue weighted by molar-refractivity contribution is 1.28. The SMILES string of the molecule is Clc1cccc(N/N=C/c2cccc(-c3cnc(-c4cccnc4)s3)n2)c1. The number of benzene rings is 1. The van der Waals surface area contributed by atoms with E-state index >= 15 is 0 Å². The quantitative estimate of drug-likeness (QED) is 0.367. The fourth-order valence-electron chi connectivity index (χ4n) is 2.41. The summed E-state index contributed by atoms with van der Waals surface area (Å²) < 4.78 is 0. The lowest BCUT2D eigenvalue weighted by Crippen LogP contribution is -1.93. The maximum Gasteiger partial charge on any atom is 0.125 e. The van der Waals surface area contributed by atoms with Crippen LogP contribution >= 0.6 is 22.9 Å². The molecule has 3 heterocycles. The van der Waals surface area contributed by atoms with Crippen molar-refractivity contribution in [2.75, 3.05) is 5.43 Å².